The van der Waals surface area contributed by atoms with Crippen LogP contribution in [0.3, 0.4) is 0 Å². The van der Waals surface area contributed by atoms with Gasteiger partial charge in [-0.3, -0.25) is 9.79 Å². The largest absolute Gasteiger partial charge is 0.466 e. The SMILES string of the molecule is CCOC(=O)C1CCN(C(=NC)NCCSc2ccc(C)cc2)CC1.I. The minimum atomic E-state index is -0.0559. The van der Waals surface area contributed by atoms with Crippen molar-refractivity contribution >= 4 is 47.7 Å². The predicted octanol–water partition coefficient (Wildman–Crippen LogP) is 3.56. The molecule has 0 spiro atoms. The number of carbonyl (C=O) groups is 1. The zero-order valence-corrected chi connectivity index (χ0v) is 19.0. The third kappa shape index (κ3) is 7.34. The summed E-state index contributed by atoms with van der Waals surface area (Å²) in [4.78, 5) is 19.7. The molecule has 7 heteroatoms. The molecular formula is C19H30IN3O2S. The van der Waals surface area contributed by atoms with Gasteiger partial charge in [-0.15, -0.1) is 35.7 Å². The van der Waals surface area contributed by atoms with Gasteiger partial charge in [0.15, 0.2) is 5.96 Å². The molecule has 1 aliphatic rings. The van der Waals surface area contributed by atoms with Crippen molar-refractivity contribution in [2.75, 3.05) is 39.0 Å². The third-order valence-electron chi connectivity index (χ3n) is 4.30. The molecule has 1 aromatic carbocycles. The van der Waals surface area contributed by atoms with Gasteiger partial charge < -0.3 is 15.0 Å². The summed E-state index contributed by atoms with van der Waals surface area (Å²) in [6.45, 7) is 6.96. The number of likely N-dealkylation sites (tertiary alicyclic amines) is 1. The number of halogens is 1. The Balaban J connectivity index is 0.00000338. The molecule has 0 bridgehead atoms. The van der Waals surface area contributed by atoms with Crippen molar-refractivity contribution in [2.24, 2.45) is 10.9 Å². The van der Waals surface area contributed by atoms with E-state index in [4.69, 9.17) is 4.74 Å². The van der Waals surface area contributed by atoms with Gasteiger partial charge in [-0.25, -0.2) is 0 Å². The van der Waals surface area contributed by atoms with Crippen molar-refractivity contribution < 1.29 is 9.53 Å². The summed E-state index contributed by atoms with van der Waals surface area (Å²) >= 11 is 1.84. The highest BCUT2D eigenvalue weighted by atomic mass is 127. The van der Waals surface area contributed by atoms with E-state index < -0.39 is 0 Å². The van der Waals surface area contributed by atoms with E-state index >= 15 is 0 Å². The minimum Gasteiger partial charge on any atom is -0.466 e. The molecule has 1 aliphatic heterocycles. The maximum Gasteiger partial charge on any atom is 0.309 e. The van der Waals surface area contributed by atoms with Crippen LogP contribution < -0.4 is 5.32 Å². The van der Waals surface area contributed by atoms with Crippen LogP contribution in [-0.4, -0.2) is 55.9 Å². The molecule has 5 nitrogen and oxygen atoms in total. The fourth-order valence-electron chi connectivity index (χ4n) is 2.89. The summed E-state index contributed by atoms with van der Waals surface area (Å²) in [5.74, 6) is 1.89. The summed E-state index contributed by atoms with van der Waals surface area (Å²) < 4.78 is 5.13. The van der Waals surface area contributed by atoms with Crippen LogP contribution in [0, 0.1) is 12.8 Å². The lowest BCUT2D eigenvalue weighted by molar-refractivity contribution is -0.149. The first-order chi connectivity index (χ1) is 12.1. The Bertz CT molecular complexity index is 573. The molecule has 1 aromatic rings. The number of rotatable bonds is 6. The summed E-state index contributed by atoms with van der Waals surface area (Å²) in [5, 5.41) is 3.43. The molecule has 1 N–H and O–H groups in total. The van der Waals surface area contributed by atoms with Gasteiger partial charge in [0, 0.05) is 37.3 Å². The number of thioether (sulfide) groups is 1. The molecule has 0 aliphatic carbocycles. The smallest absolute Gasteiger partial charge is 0.309 e. The van der Waals surface area contributed by atoms with Crippen LogP contribution in [0.5, 0.6) is 0 Å². The maximum atomic E-state index is 11.8. The Morgan fingerprint density at radius 1 is 1.31 bits per heavy atom. The summed E-state index contributed by atoms with van der Waals surface area (Å²) in [6.07, 6.45) is 1.66. The molecule has 0 amide bonds. The fraction of sp³-hybridized carbons (Fsp3) is 0.579. The summed E-state index contributed by atoms with van der Waals surface area (Å²) in [6, 6.07) is 8.61. The molecule has 0 atom stereocenters. The summed E-state index contributed by atoms with van der Waals surface area (Å²) in [7, 11) is 1.81. The quantitative estimate of drug-likeness (QED) is 0.165. The molecule has 26 heavy (non-hydrogen) atoms. The number of carbonyl (C=O) groups excluding carboxylic acids is 1. The number of ether oxygens (including phenoxy) is 1. The first kappa shape index (κ1) is 23.1. The average molecular weight is 491 g/mol. The number of benzene rings is 1. The maximum absolute atomic E-state index is 11.8. The Labute approximate surface area is 178 Å². The number of aryl methyl sites for hydroxylation is 1. The first-order valence-electron chi connectivity index (χ1n) is 8.95. The Morgan fingerprint density at radius 2 is 1.96 bits per heavy atom. The van der Waals surface area contributed by atoms with Crippen LogP contribution in [0.2, 0.25) is 0 Å². The Morgan fingerprint density at radius 3 is 2.54 bits per heavy atom. The number of nitrogens with one attached hydrogen (secondary N) is 1. The molecule has 146 valence electrons. The fourth-order valence-corrected chi connectivity index (χ4v) is 3.65. The highest BCUT2D eigenvalue weighted by Crippen LogP contribution is 2.19. The standard InChI is InChI=1S/C19H29N3O2S.HI/c1-4-24-18(23)16-9-12-22(13-10-16)19(20-3)21-11-14-25-17-7-5-15(2)6-8-17;/h5-8,16H,4,9-14H2,1-3H3,(H,20,21);1H. The lowest BCUT2D eigenvalue weighted by Crippen LogP contribution is -2.47. The predicted molar refractivity (Wildman–Crippen MR) is 120 cm³/mol. The molecular weight excluding hydrogens is 461 g/mol. The average Bonchev–Trinajstić information content (AvgIpc) is 2.64. The molecule has 0 saturated carbocycles. The summed E-state index contributed by atoms with van der Waals surface area (Å²) in [5.41, 5.74) is 1.29. The van der Waals surface area contributed by atoms with E-state index in [1.165, 1.54) is 10.5 Å². The van der Waals surface area contributed by atoms with Crippen molar-refractivity contribution in [1.29, 1.82) is 0 Å². The number of hydrogen-bond donors (Lipinski definition) is 1. The Hall–Kier alpha value is -0.960. The third-order valence-corrected chi connectivity index (χ3v) is 5.31. The number of nitrogens with zero attached hydrogens (tertiary/aromatic N) is 2. The number of esters is 1. The van der Waals surface area contributed by atoms with Gasteiger partial charge in [-0.05, 0) is 38.8 Å². The van der Waals surface area contributed by atoms with Gasteiger partial charge in [-0.1, -0.05) is 17.7 Å². The molecule has 0 aromatic heterocycles. The van der Waals surface area contributed by atoms with Crippen LogP contribution in [0.15, 0.2) is 34.2 Å². The molecule has 1 heterocycles. The molecule has 2 rings (SSSR count). The van der Waals surface area contributed by atoms with E-state index in [2.05, 4.69) is 46.4 Å². The first-order valence-corrected chi connectivity index (χ1v) is 9.94. The van der Waals surface area contributed by atoms with E-state index in [-0.39, 0.29) is 35.9 Å². The molecule has 1 fully saturated rings. The normalized spacial score (nSPS) is 15.3. The van der Waals surface area contributed by atoms with E-state index in [9.17, 15) is 4.79 Å². The lowest BCUT2D eigenvalue weighted by Gasteiger charge is -2.33. The van der Waals surface area contributed by atoms with Crippen molar-refractivity contribution in [2.45, 2.75) is 31.6 Å². The van der Waals surface area contributed by atoms with E-state index in [0.29, 0.717) is 6.61 Å². The van der Waals surface area contributed by atoms with Crippen LogP contribution >= 0.6 is 35.7 Å². The topological polar surface area (TPSA) is 53.9 Å². The van der Waals surface area contributed by atoms with E-state index in [1.807, 2.05) is 25.7 Å². The van der Waals surface area contributed by atoms with Crippen molar-refractivity contribution in [3.63, 3.8) is 0 Å². The second-order valence-electron chi connectivity index (χ2n) is 6.15. The van der Waals surface area contributed by atoms with Gasteiger partial charge >= 0.3 is 5.97 Å². The van der Waals surface area contributed by atoms with Gasteiger partial charge in [-0.2, -0.15) is 0 Å². The molecule has 0 unspecified atom stereocenters. The van der Waals surface area contributed by atoms with Crippen molar-refractivity contribution in [1.82, 2.24) is 10.2 Å². The zero-order valence-electron chi connectivity index (χ0n) is 15.9. The van der Waals surface area contributed by atoms with Gasteiger partial charge in [0.25, 0.3) is 0 Å². The number of piperidine rings is 1. The van der Waals surface area contributed by atoms with Crippen LogP contribution in [0.1, 0.15) is 25.3 Å². The van der Waals surface area contributed by atoms with E-state index in [0.717, 1.165) is 44.2 Å². The van der Waals surface area contributed by atoms with Gasteiger partial charge in [0.05, 0.1) is 12.5 Å². The monoisotopic (exact) mass is 491 g/mol. The lowest BCUT2D eigenvalue weighted by atomic mass is 9.97. The number of hydrogen-bond acceptors (Lipinski definition) is 4. The molecule has 0 radical (unpaired) electrons. The van der Waals surface area contributed by atoms with Crippen molar-refractivity contribution in [3.8, 4) is 0 Å². The zero-order chi connectivity index (χ0) is 18.1. The second kappa shape index (κ2) is 12.4. The van der Waals surface area contributed by atoms with Crippen LogP contribution in [0.25, 0.3) is 0 Å². The van der Waals surface area contributed by atoms with Crippen LogP contribution in [0.4, 0.5) is 0 Å². The van der Waals surface area contributed by atoms with Crippen molar-refractivity contribution in [3.05, 3.63) is 29.8 Å². The minimum absolute atomic E-state index is 0. The molecule has 1 saturated heterocycles. The number of guanidine groups is 1. The highest BCUT2D eigenvalue weighted by Gasteiger charge is 2.27. The number of aliphatic imine (C=N–C) groups is 1. The Kier molecular flexibility index (Phi) is 11.0. The van der Waals surface area contributed by atoms with Gasteiger partial charge in [0.1, 0.15) is 0 Å². The van der Waals surface area contributed by atoms with E-state index in [1.54, 1.807) is 0 Å². The van der Waals surface area contributed by atoms with Gasteiger partial charge in [0.2, 0.25) is 0 Å². The highest BCUT2D eigenvalue weighted by molar-refractivity contribution is 14.0. The van der Waals surface area contributed by atoms with Crippen LogP contribution in [-0.2, 0) is 9.53 Å². The second-order valence-corrected chi connectivity index (χ2v) is 7.32.